The van der Waals surface area contributed by atoms with E-state index in [1.54, 1.807) is 0 Å². The van der Waals surface area contributed by atoms with Crippen LogP contribution in [0, 0.1) is 0 Å². The lowest BCUT2D eigenvalue weighted by molar-refractivity contribution is 0.0113. The summed E-state index contributed by atoms with van der Waals surface area (Å²) in [5.74, 6) is 0. The molecule has 0 saturated carbocycles. The molecule has 0 N–H and O–H groups in total. The summed E-state index contributed by atoms with van der Waals surface area (Å²) in [4.78, 5) is 0. The summed E-state index contributed by atoms with van der Waals surface area (Å²) >= 11 is 8.54. The minimum atomic E-state index is -4.48. The third-order valence-electron chi connectivity index (χ3n) is 0.881. The van der Waals surface area contributed by atoms with Gasteiger partial charge in [0.15, 0.2) is 0 Å². The Labute approximate surface area is 81.3 Å². The fourth-order valence-corrected chi connectivity index (χ4v) is 1.32. The zero-order valence-corrected chi connectivity index (χ0v) is 8.19. The normalized spacial score (nSPS) is 19.4. The van der Waals surface area contributed by atoms with E-state index < -0.39 is 31.2 Å². The average Bonchev–Trinajstić information content (AvgIpc) is 1.83. The van der Waals surface area contributed by atoms with Crippen molar-refractivity contribution in [2.75, 3.05) is 0 Å². The molecular formula is C4H3Cl2F6P. The summed E-state index contributed by atoms with van der Waals surface area (Å²) in [5.41, 5.74) is -15.5. The van der Waals surface area contributed by atoms with Gasteiger partial charge in [0.25, 0.3) is 0 Å². The maximum absolute atomic E-state index is 12.2. The molecule has 0 aliphatic rings. The van der Waals surface area contributed by atoms with Gasteiger partial charge in [0, 0.05) is 8.58 Å². The van der Waals surface area contributed by atoms with Crippen molar-refractivity contribution in [3.8, 4) is 0 Å². The minimum absolute atomic E-state index is 2.63. The molecule has 0 aliphatic heterocycles. The quantitative estimate of drug-likeness (QED) is 0.411. The van der Waals surface area contributed by atoms with Crippen molar-refractivity contribution in [2.24, 2.45) is 0 Å². The molecule has 0 saturated heterocycles. The van der Waals surface area contributed by atoms with Crippen LogP contribution in [0.5, 0.6) is 0 Å². The van der Waals surface area contributed by atoms with Gasteiger partial charge in [0.2, 0.25) is 11.3 Å². The lowest BCUT2D eigenvalue weighted by atomic mass is 10.8. The van der Waals surface area contributed by atoms with Crippen LogP contribution in [0.4, 0.5) is 26.3 Å². The van der Waals surface area contributed by atoms with E-state index in [4.69, 9.17) is 0 Å². The van der Waals surface area contributed by atoms with Gasteiger partial charge in [-0.2, -0.15) is 17.6 Å². The maximum atomic E-state index is 12.2. The molecule has 9 heteroatoms. The van der Waals surface area contributed by atoms with Crippen molar-refractivity contribution < 1.29 is 26.3 Å². The van der Waals surface area contributed by atoms with E-state index in [9.17, 15) is 26.3 Å². The lowest BCUT2D eigenvalue weighted by Crippen LogP contribution is -2.29. The van der Waals surface area contributed by atoms with Gasteiger partial charge in [-0.15, -0.1) is 0 Å². The SMILES string of the molecule is FC(Cl)C(F)(F)PC(F)(F)C(F)Cl. The Hall–Kier alpha value is 0.590. The van der Waals surface area contributed by atoms with Crippen LogP contribution < -0.4 is 0 Å². The zero-order chi connectivity index (χ0) is 10.9. The van der Waals surface area contributed by atoms with E-state index in [0.29, 0.717) is 0 Å². The van der Waals surface area contributed by atoms with Gasteiger partial charge in [-0.05, 0) is 0 Å². The van der Waals surface area contributed by atoms with Crippen molar-refractivity contribution in [3.05, 3.63) is 0 Å². The highest BCUT2D eigenvalue weighted by Gasteiger charge is 2.52. The molecule has 0 rings (SSSR count). The highest BCUT2D eigenvalue weighted by Crippen LogP contribution is 2.53. The monoisotopic (exact) mass is 266 g/mol. The topological polar surface area (TPSA) is 0 Å². The van der Waals surface area contributed by atoms with Crippen molar-refractivity contribution >= 4 is 31.8 Å². The second-order valence-corrected chi connectivity index (χ2v) is 4.32. The van der Waals surface area contributed by atoms with Crippen molar-refractivity contribution in [1.29, 1.82) is 0 Å². The van der Waals surface area contributed by atoms with Gasteiger partial charge < -0.3 is 0 Å². The second kappa shape index (κ2) is 4.41. The molecule has 0 spiro atoms. The second-order valence-electron chi connectivity index (χ2n) is 1.97. The predicted molar refractivity (Wildman–Crippen MR) is 39.7 cm³/mol. The van der Waals surface area contributed by atoms with Gasteiger partial charge >= 0.3 is 11.3 Å². The Morgan fingerprint density at radius 3 is 1.23 bits per heavy atom. The molecule has 0 aliphatic carbocycles. The highest BCUT2D eigenvalue weighted by atomic mass is 35.5. The van der Waals surface area contributed by atoms with Crippen LogP contribution >= 0.6 is 31.8 Å². The Kier molecular flexibility index (Phi) is 4.61. The molecule has 80 valence electrons. The molecule has 0 heterocycles. The molecule has 0 amide bonds. The Morgan fingerprint density at radius 1 is 0.846 bits per heavy atom. The van der Waals surface area contributed by atoms with E-state index in [1.807, 2.05) is 0 Å². The Bertz CT molecular complexity index is 154. The molecule has 0 aromatic carbocycles. The van der Waals surface area contributed by atoms with Crippen LogP contribution in [-0.4, -0.2) is 22.6 Å². The van der Waals surface area contributed by atoms with Crippen LogP contribution in [-0.2, 0) is 0 Å². The fourth-order valence-electron chi connectivity index (χ4n) is 0.331. The highest BCUT2D eigenvalue weighted by molar-refractivity contribution is 7.41. The summed E-state index contributed by atoms with van der Waals surface area (Å²) < 4.78 is 72.4. The van der Waals surface area contributed by atoms with E-state index in [2.05, 4.69) is 23.2 Å². The third-order valence-corrected chi connectivity index (χ3v) is 2.97. The summed E-state index contributed by atoms with van der Waals surface area (Å²) in [6.07, 6.45) is 0. The Balaban J connectivity index is 4.42. The van der Waals surface area contributed by atoms with Gasteiger partial charge in [-0.3, -0.25) is 0 Å². The standard InChI is InChI=1S/C4H3Cl2F6P/c5-1(7)3(9,10)13-4(11,12)2(6)8/h1-2,13H. The van der Waals surface area contributed by atoms with Gasteiger partial charge in [0.1, 0.15) is 0 Å². The van der Waals surface area contributed by atoms with E-state index >= 15 is 0 Å². The zero-order valence-electron chi connectivity index (χ0n) is 5.68. The molecule has 0 radical (unpaired) electrons. The van der Waals surface area contributed by atoms with E-state index in [1.165, 1.54) is 0 Å². The number of halogens is 8. The molecule has 2 unspecified atom stereocenters. The molecule has 0 aromatic rings. The molecular weight excluding hydrogens is 264 g/mol. The van der Waals surface area contributed by atoms with Crippen LogP contribution in [0.1, 0.15) is 0 Å². The largest absolute Gasteiger partial charge is 0.311 e. The van der Waals surface area contributed by atoms with Gasteiger partial charge in [0.05, 0.1) is 0 Å². The fraction of sp³-hybridized carbons (Fsp3) is 1.00. The van der Waals surface area contributed by atoms with Crippen molar-refractivity contribution in [2.45, 2.75) is 22.6 Å². The summed E-state index contributed by atoms with van der Waals surface area (Å²) in [7, 11) is -2.63. The first-order valence-corrected chi connectivity index (χ1v) is 4.58. The number of rotatable bonds is 4. The smallest absolute Gasteiger partial charge is 0.223 e. The first-order valence-electron chi connectivity index (χ1n) is 2.71. The lowest BCUT2D eigenvalue weighted by Gasteiger charge is -2.22. The predicted octanol–water partition coefficient (Wildman–Crippen LogP) is 3.92. The molecule has 0 bridgehead atoms. The van der Waals surface area contributed by atoms with Crippen molar-refractivity contribution in [3.63, 3.8) is 0 Å². The first kappa shape index (κ1) is 13.6. The third kappa shape index (κ3) is 4.09. The molecule has 0 nitrogen and oxygen atoms in total. The number of alkyl halides is 8. The van der Waals surface area contributed by atoms with E-state index in [-0.39, 0.29) is 0 Å². The number of hydrogen-bond donors (Lipinski definition) is 0. The van der Waals surface area contributed by atoms with Crippen LogP contribution in [0.2, 0.25) is 0 Å². The minimum Gasteiger partial charge on any atom is -0.223 e. The van der Waals surface area contributed by atoms with Gasteiger partial charge in [-0.1, -0.05) is 23.2 Å². The van der Waals surface area contributed by atoms with Crippen molar-refractivity contribution in [1.82, 2.24) is 0 Å². The molecule has 0 aromatic heterocycles. The summed E-state index contributed by atoms with van der Waals surface area (Å²) in [6.45, 7) is 0. The van der Waals surface area contributed by atoms with Crippen LogP contribution in [0.15, 0.2) is 0 Å². The first-order chi connectivity index (χ1) is 5.59. The van der Waals surface area contributed by atoms with Crippen LogP contribution in [0.3, 0.4) is 0 Å². The summed E-state index contributed by atoms with van der Waals surface area (Å²) in [6, 6.07) is 0. The summed E-state index contributed by atoms with van der Waals surface area (Å²) in [5, 5.41) is 0. The van der Waals surface area contributed by atoms with Gasteiger partial charge in [-0.25, -0.2) is 8.78 Å². The van der Waals surface area contributed by atoms with Crippen LogP contribution in [0.25, 0.3) is 0 Å². The molecule has 13 heavy (non-hydrogen) atoms. The number of hydrogen-bond acceptors (Lipinski definition) is 0. The maximum Gasteiger partial charge on any atom is 0.311 e. The molecule has 2 atom stereocenters. The molecule has 0 fully saturated rings. The average molecular weight is 267 g/mol. The van der Waals surface area contributed by atoms with E-state index in [0.717, 1.165) is 0 Å². The Morgan fingerprint density at radius 2 is 1.08 bits per heavy atom.